The molecule has 0 saturated carbocycles. The Morgan fingerprint density at radius 3 is 2.45 bits per heavy atom. The summed E-state index contributed by atoms with van der Waals surface area (Å²) >= 11 is 5.96. The summed E-state index contributed by atoms with van der Waals surface area (Å²) in [6.45, 7) is 5.04. The number of alkyl carbamates (subject to hydrolysis) is 1. The highest BCUT2D eigenvalue weighted by atomic mass is 35.5. The van der Waals surface area contributed by atoms with Crippen molar-refractivity contribution in [3.8, 4) is 5.75 Å². The van der Waals surface area contributed by atoms with Gasteiger partial charge < -0.3 is 19.5 Å². The van der Waals surface area contributed by atoms with Crippen LogP contribution >= 0.6 is 11.6 Å². The molecule has 0 fully saturated rings. The number of para-hydroxylation sites is 1. The highest BCUT2D eigenvalue weighted by molar-refractivity contribution is 6.32. The molecule has 0 aliphatic carbocycles. The molecule has 1 unspecified atom stereocenters. The molecule has 0 aliphatic rings. The Bertz CT molecular complexity index is 527. The van der Waals surface area contributed by atoms with Crippen molar-refractivity contribution in [2.75, 3.05) is 13.7 Å². The van der Waals surface area contributed by atoms with Crippen LogP contribution in [-0.2, 0) is 14.3 Å². The van der Waals surface area contributed by atoms with Crippen molar-refractivity contribution in [3.05, 3.63) is 29.3 Å². The fourth-order valence-electron chi connectivity index (χ4n) is 1.50. The molecule has 6 nitrogen and oxygen atoms in total. The summed E-state index contributed by atoms with van der Waals surface area (Å²) in [5, 5.41) is 2.82. The largest absolute Gasteiger partial charge is 0.489 e. The second kappa shape index (κ2) is 7.89. The average Bonchev–Trinajstić information content (AvgIpc) is 2.42. The van der Waals surface area contributed by atoms with Crippen LogP contribution in [-0.4, -0.2) is 37.4 Å². The lowest BCUT2D eigenvalue weighted by Gasteiger charge is -2.22. The number of esters is 1. The van der Waals surface area contributed by atoms with Gasteiger partial charge in [0.05, 0.1) is 12.1 Å². The van der Waals surface area contributed by atoms with Crippen molar-refractivity contribution >= 4 is 23.7 Å². The van der Waals surface area contributed by atoms with Gasteiger partial charge in [0.25, 0.3) is 0 Å². The first-order chi connectivity index (χ1) is 10.2. The number of halogens is 1. The van der Waals surface area contributed by atoms with Gasteiger partial charge in [-0.2, -0.15) is 0 Å². The van der Waals surface area contributed by atoms with Crippen LogP contribution < -0.4 is 10.1 Å². The Morgan fingerprint density at radius 1 is 1.27 bits per heavy atom. The summed E-state index contributed by atoms with van der Waals surface area (Å²) < 4.78 is 15.2. The molecule has 0 aromatic heterocycles. The fourth-order valence-corrected chi connectivity index (χ4v) is 1.69. The molecule has 1 rings (SSSR count). The molecule has 0 aliphatic heterocycles. The van der Waals surface area contributed by atoms with Gasteiger partial charge in [-0.15, -0.1) is 0 Å². The number of carbonyl (C=O) groups is 2. The van der Waals surface area contributed by atoms with Crippen molar-refractivity contribution in [2.24, 2.45) is 0 Å². The first-order valence-corrected chi connectivity index (χ1v) is 7.05. The van der Waals surface area contributed by atoms with Crippen LogP contribution in [0, 0.1) is 0 Å². The third-order valence-electron chi connectivity index (χ3n) is 2.42. The zero-order valence-electron chi connectivity index (χ0n) is 13.0. The minimum Gasteiger partial charge on any atom is -0.489 e. The Balaban J connectivity index is 2.67. The summed E-state index contributed by atoms with van der Waals surface area (Å²) in [5.74, 6) is -0.234. The van der Waals surface area contributed by atoms with E-state index >= 15 is 0 Å². The van der Waals surface area contributed by atoms with Crippen molar-refractivity contribution in [3.63, 3.8) is 0 Å². The maximum Gasteiger partial charge on any atom is 0.408 e. The third kappa shape index (κ3) is 6.22. The first-order valence-electron chi connectivity index (χ1n) is 6.67. The van der Waals surface area contributed by atoms with E-state index in [1.165, 1.54) is 7.11 Å². The van der Waals surface area contributed by atoms with E-state index in [2.05, 4.69) is 10.1 Å². The monoisotopic (exact) mass is 329 g/mol. The highest BCUT2D eigenvalue weighted by Crippen LogP contribution is 2.23. The maximum atomic E-state index is 11.7. The summed E-state index contributed by atoms with van der Waals surface area (Å²) in [6, 6.07) is 5.81. The van der Waals surface area contributed by atoms with Gasteiger partial charge in [-0.1, -0.05) is 23.7 Å². The minimum absolute atomic E-state index is 0.129. The van der Waals surface area contributed by atoms with E-state index in [-0.39, 0.29) is 6.61 Å². The second-order valence-corrected chi connectivity index (χ2v) is 5.87. The van der Waals surface area contributed by atoms with Crippen molar-refractivity contribution < 1.29 is 23.8 Å². The van der Waals surface area contributed by atoms with Gasteiger partial charge in [-0.05, 0) is 32.9 Å². The fraction of sp³-hybridized carbons (Fsp3) is 0.467. The van der Waals surface area contributed by atoms with Crippen LogP contribution in [0.25, 0.3) is 0 Å². The lowest BCUT2D eigenvalue weighted by atomic mass is 10.2. The number of ether oxygens (including phenoxy) is 3. The molecule has 0 radical (unpaired) electrons. The van der Waals surface area contributed by atoms with E-state index in [1.807, 2.05) is 0 Å². The number of amides is 1. The zero-order valence-corrected chi connectivity index (χ0v) is 13.8. The van der Waals surface area contributed by atoms with Crippen LogP contribution in [0.15, 0.2) is 24.3 Å². The predicted molar refractivity (Wildman–Crippen MR) is 82.1 cm³/mol. The molecule has 0 saturated heterocycles. The number of methoxy groups -OCH3 is 1. The van der Waals surface area contributed by atoms with E-state index in [4.69, 9.17) is 21.1 Å². The quantitative estimate of drug-likeness (QED) is 0.841. The topological polar surface area (TPSA) is 73.9 Å². The highest BCUT2D eigenvalue weighted by Gasteiger charge is 2.25. The molecular weight excluding hydrogens is 310 g/mol. The van der Waals surface area contributed by atoms with E-state index in [0.29, 0.717) is 10.8 Å². The normalized spacial score (nSPS) is 12.2. The summed E-state index contributed by atoms with van der Waals surface area (Å²) in [7, 11) is 1.22. The van der Waals surface area contributed by atoms with Gasteiger partial charge in [0.15, 0.2) is 6.04 Å². The molecule has 0 spiro atoms. The number of hydrogen-bond acceptors (Lipinski definition) is 5. The Kier molecular flexibility index (Phi) is 6.49. The van der Waals surface area contributed by atoms with Gasteiger partial charge in [0.2, 0.25) is 0 Å². The van der Waals surface area contributed by atoms with Crippen LogP contribution in [0.5, 0.6) is 5.75 Å². The number of rotatable bonds is 5. The zero-order chi connectivity index (χ0) is 16.8. The molecule has 122 valence electrons. The van der Waals surface area contributed by atoms with Gasteiger partial charge in [0.1, 0.15) is 18.0 Å². The van der Waals surface area contributed by atoms with Crippen LogP contribution in [0.4, 0.5) is 4.79 Å². The predicted octanol–water partition coefficient (Wildman–Crippen LogP) is 2.79. The molecule has 1 aromatic rings. The van der Waals surface area contributed by atoms with Crippen LogP contribution in [0.2, 0.25) is 5.02 Å². The smallest absolute Gasteiger partial charge is 0.408 e. The summed E-state index contributed by atoms with van der Waals surface area (Å²) in [4.78, 5) is 23.5. The third-order valence-corrected chi connectivity index (χ3v) is 2.73. The van der Waals surface area contributed by atoms with Crippen molar-refractivity contribution in [1.82, 2.24) is 5.32 Å². The molecular formula is C15H20ClNO5. The molecule has 1 atom stereocenters. The second-order valence-electron chi connectivity index (χ2n) is 5.46. The van der Waals surface area contributed by atoms with Gasteiger partial charge >= 0.3 is 12.1 Å². The minimum atomic E-state index is -1.00. The SMILES string of the molecule is COC(=O)C(COc1ccccc1Cl)NC(=O)OC(C)(C)C. The molecule has 0 bridgehead atoms. The Hall–Kier alpha value is -1.95. The van der Waals surface area contributed by atoms with E-state index < -0.39 is 23.7 Å². The van der Waals surface area contributed by atoms with E-state index in [1.54, 1.807) is 45.0 Å². The molecule has 7 heteroatoms. The van der Waals surface area contributed by atoms with E-state index in [0.717, 1.165) is 0 Å². The standard InChI is InChI=1S/C15H20ClNO5/c1-15(2,3)22-14(19)17-11(13(18)20-4)9-21-12-8-6-5-7-10(12)16/h5-8,11H,9H2,1-4H3,(H,17,19). The van der Waals surface area contributed by atoms with Gasteiger partial charge in [-0.3, -0.25) is 0 Å². The van der Waals surface area contributed by atoms with Crippen molar-refractivity contribution in [2.45, 2.75) is 32.4 Å². The molecule has 0 heterocycles. The number of nitrogens with one attached hydrogen (secondary N) is 1. The number of benzene rings is 1. The lowest BCUT2D eigenvalue weighted by Crippen LogP contribution is -2.47. The van der Waals surface area contributed by atoms with Crippen LogP contribution in [0.3, 0.4) is 0 Å². The number of hydrogen-bond donors (Lipinski definition) is 1. The lowest BCUT2D eigenvalue weighted by molar-refractivity contribution is -0.143. The Morgan fingerprint density at radius 2 is 1.91 bits per heavy atom. The average molecular weight is 330 g/mol. The molecule has 22 heavy (non-hydrogen) atoms. The first kappa shape index (κ1) is 18.1. The van der Waals surface area contributed by atoms with Crippen molar-refractivity contribution in [1.29, 1.82) is 0 Å². The molecule has 1 N–H and O–H groups in total. The maximum absolute atomic E-state index is 11.7. The molecule has 1 aromatic carbocycles. The van der Waals surface area contributed by atoms with Gasteiger partial charge in [-0.25, -0.2) is 9.59 Å². The summed E-state index contributed by atoms with van der Waals surface area (Å²) in [6.07, 6.45) is -0.731. The Labute approximate surface area is 134 Å². The van der Waals surface area contributed by atoms with E-state index in [9.17, 15) is 9.59 Å². The summed E-state index contributed by atoms with van der Waals surface area (Å²) in [5.41, 5.74) is -0.672. The number of carbonyl (C=O) groups excluding carboxylic acids is 2. The van der Waals surface area contributed by atoms with Gasteiger partial charge in [0, 0.05) is 0 Å². The molecule has 1 amide bonds. The van der Waals surface area contributed by atoms with Crippen LogP contribution in [0.1, 0.15) is 20.8 Å².